The number of carbonyl (C=O) groups excluding carboxylic acids is 1. The van der Waals surface area contributed by atoms with Crippen LogP contribution in [0.1, 0.15) is 30.2 Å². The van der Waals surface area contributed by atoms with Crippen molar-refractivity contribution in [1.82, 2.24) is 24.8 Å². The number of aromatic nitrogens is 3. The van der Waals surface area contributed by atoms with Gasteiger partial charge >= 0.3 is 12.0 Å². The number of hydrogen-bond acceptors (Lipinski definition) is 5. The Labute approximate surface area is 134 Å². The smallest absolute Gasteiger partial charge is 0.325 e. The monoisotopic (exact) mass is 318 g/mol. The number of H-pyrrole nitrogens is 1. The van der Waals surface area contributed by atoms with Gasteiger partial charge in [-0.3, -0.25) is 10.2 Å². The Morgan fingerprint density at radius 1 is 1.48 bits per heavy atom. The number of aryl methyl sites for hydroxylation is 2. The molecule has 0 bridgehead atoms. The number of hydrogen-bond donors (Lipinski definition) is 2. The van der Waals surface area contributed by atoms with Crippen LogP contribution in [0.2, 0.25) is 0 Å². The molecule has 3 heterocycles. The first kappa shape index (κ1) is 15.5. The van der Waals surface area contributed by atoms with Crippen LogP contribution in [-0.2, 0) is 0 Å². The number of nitrogens with zero attached hydrogens (tertiary/aromatic N) is 4. The predicted molar refractivity (Wildman–Crippen MR) is 85.1 cm³/mol. The molecular formula is C15H22N6O2. The first-order valence-corrected chi connectivity index (χ1v) is 7.81. The lowest BCUT2D eigenvalue weighted by Gasteiger charge is -2.39. The van der Waals surface area contributed by atoms with Crippen molar-refractivity contribution in [3.05, 3.63) is 29.7 Å². The number of likely N-dealkylation sites (N-methyl/N-ethyl adjacent to an activating group) is 1. The molecule has 2 aromatic heterocycles. The molecule has 0 aromatic carbocycles. The third-order valence-corrected chi connectivity index (χ3v) is 4.26. The van der Waals surface area contributed by atoms with Crippen molar-refractivity contribution in [1.29, 1.82) is 0 Å². The second-order valence-corrected chi connectivity index (χ2v) is 5.66. The van der Waals surface area contributed by atoms with Crippen LogP contribution in [0.15, 0.2) is 16.8 Å². The summed E-state index contributed by atoms with van der Waals surface area (Å²) >= 11 is 0. The van der Waals surface area contributed by atoms with Crippen LogP contribution in [0.4, 0.5) is 10.8 Å². The molecule has 0 spiro atoms. The zero-order valence-corrected chi connectivity index (χ0v) is 13.7. The van der Waals surface area contributed by atoms with Crippen LogP contribution >= 0.6 is 0 Å². The maximum absolute atomic E-state index is 12.5. The van der Waals surface area contributed by atoms with Gasteiger partial charge in [0.05, 0.1) is 11.7 Å². The summed E-state index contributed by atoms with van der Waals surface area (Å²) in [5, 5.41) is 2.73. The quantitative estimate of drug-likeness (QED) is 0.902. The highest BCUT2D eigenvalue weighted by molar-refractivity contribution is 5.87. The number of carbonyl (C=O) groups is 1. The molecule has 2 amide bonds. The first-order chi connectivity index (χ1) is 11.1. The van der Waals surface area contributed by atoms with Crippen LogP contribution in [-0.4, -0.2) is 57.0 Å². The average Bonchev–Trinajstić information content (AvgIpc) is 3.17. The van der Waals surface area contributed by atoms with E-state index in [1.165, 1.54) is 0 Å². The molecule has 1 fully saturated rings. The van der Waals surface area contributed by atoms with Crippen LogP contribution in [0.5, 0.6) is 0 Å². The minimum absolute atomic E-state index is 0.0718. The summed E-state index contributed by atoms with van der Waals surface area (Å²) in [6, 6.07) is 0.124. The lowest BCUT2D eigenvalue weighted by Crippen LogP contribution is -2.51. The molecule has 124 valence electrons. The van der Waals surface area contributed by atoms with E-state index >= 15 is 0 Å². The number of anilines is 1. The number of nitrogens with one attached hydrogen (secondary N) is 2. The molecule has 1 unspecified atom stereocenters. The van der Waals surface area contributed by atoms with E-state index in [-0.39, 0.29) is 18.1 Å². The summed E-state index contributed by atoms with van der Waals surface area (Å²) in [5.41, 5.74) is 0.782. The Balaban J connectivity index is 1.69. The lowest BCUT2D eigenvalue weighted by molar-refractivity contribution is 0.0944. The summed E-state index contributed by atoms with van der Waals surface area (Å²) in [6.07, 6.45) is 3.54. The zero-order valence-electron chi connectivity index (χ0n) is 13.7. The van der Waals surface area contributed by atoms with Crippen LogP contribution in [0.3, 0.4) is 0 Å². The number of aromatic amines is 1. The minimum atomic E-state index is -0.196. The van der Waals surface area contributed by atoms with Crippen molar-refractivity contribution >= 4 is 12.0 Å². The van der Waals surface area contributed by atoms with Crippen molar-refractivity contribution in [2.45, 2.75) is 26.8 Å². The number of oxazole rings is 1. The van der Waals surface area contributed by atoms with Crippen LogP contribution in [0, 0.1) is 13.8 Å². The molecule has 1 atom stereocenters. The number of urea groups is 1. The zero-order chi connectivity index (χ0) is 16.4. The Kier molecular flexibility index (Phi) is 4.33. The van der Waals surface area contributed by atoms with Gasteiger partial charge in [0.2, 0.25) is 0 Å². The van der Waals surface area contributed by atoms with Crippen molar-refractivity contribution in [2.75, 3.05) is 31.5 Å². The molecule has 8 nitrogen and oxygen atoms in total. The van der Waals surface area contributed by atoms with Gasteiger partial charge in [-0.1, -0.05) is 6.92 Å². The fraction of sp³-hybridized carbons (Fsp3) is 0.533. The summed E-state index contributed by atoms with van der Waals surface area (Å²) in [6.45, 7) is 8.75. The Hall–Kier alpha value is -2.35. The highest BCUT2D eigenvalue weighted by Gasteiger charge is 2.31. The average molecular weight is 318 g/mol. The fourth-order valence-electron chi connectivity index (χ4n) is 2.80. The Bertz CT molecular complexity index is 646. The number of imidazole rings is 1. The highest BCUT2D eigenvalue weighted by Crippen LogP contribution is 2.23. The number of rotatable bonds is 3. The number of amides is 2. The highest BCUT2D eigenvalue weighted by atomic mass is 16.4. The molecule has 0 radical (unpaired) electrons. The fourth-order valence-corrected chi connectivity index (χ4v) is 2.80. The molecule has 0 aliphatic carbocycles. The van der Waals surface area contributed by atoms with E-state index in [9.17, 15) is 4.79 Å². The maximum atomic E-state index is 12.5. The molecule has 2 aromatic rings. The lowest BCUT2D eigenvalue weighted by atomic mass is 10.1. The SMILES string of the molecule is CCN1CCN(C(=O)Nc2nc(C)c(C)o2)CC1c1ncc[nH]1. The molecule has 0 saturated carbocycles. The number of piperazine rings is 1. The Morgan fingerprint density at radius 3 is 2.91 bits per heavy atom. The van der Waals surface area contributed by atoms with Gasteiger partial charge in [-0.25, -0.2) is 9.78 Å². The van der Waals surface area contributed by atoms with Gasteiger partial charge in [0.1, 0.15) is 11.6 Å². The molecular weight excluding hydrogens is 296 g/mol. The summed E-state index contributed by atoms with van der Waals surface area (Å²) in [7, 11) is 0. The molecule has 23 heavy (non-hydrogen) atoms. The van der Waals surface area contributed by atoms with E-state index in [0.29, 0.717) is 18.8 Å². The molecule has 2 N–H and O–H groups in total. The van der Waals surface area contributed by atoms with Gasteiger partial charge in [-0.2, -0.15) is 4.98 Å². The molecule has 1 aliphatic heterocycles. The molecule has 1 saturated heterocycles. The first-order valence-electron chi connectivity index (χ1n) is 7.81. The summed E-state index contributed by atoms with van der Waals surface area (Å²) in [5.74, 6) is 1.59. The third-order valence-electron chi connectivity index (χ3n) is 4.26. The Morgan fingerprint density at radius 2 is 2.30 bits per heavy atom. The molecule has 8 heteroatoms. The minimum Gasteiger partial charge on any atom is -0.428 e. The van der Waals surface area contributed by atoms with E-state index in [2.05, 4.69) is 32.1 Å². The van der Waals surface area contributed by atoms with E-state index in [1.54, 1.807) is 17.3 Å². The second kappa shape index (κ2) is 6.41. The van der Waals surface area contributed by atoms with E-state index in [4.69, 9.17) is 4.42 Å². The van der Waals surface area contributed by atoms with E-state index in [0.717, 1.165) is 24.6 Å². The third kappa shape index (κ3) is 3.21. The van der Waals surface area contributed by atoms with Crippen LogP contribution < -0.4 is 5.32 Å². The molecule has 1 aliphatic rings. The molecule has 3 rings (SSSR count). The second-order valence-electron chi connectivity index (χ2n) is 5.66. The van der Waals surface area contributed by atoms with Gasteiger partial charge in [-0.05, 0) is 20.4 Å². The summed E-state index contributed by atoms with van der Waals surface area (Å²) < 4.78 is 5.42. The largest absolute Gasteiger partial charge is 0.428 e. The van der Waals surface area contributed by atoms with Gasteiger partial charge in [0.15, 0.2) is 0 Å². The predicted octanol–water partition coefficient (Wildman–Crippen LogP) is 1.93. The van der Waals surface area contributed by atoms with Gasteiger partial charge in [-0.15, -0.1) is 0 Å². The topological polar surface area (TPSA) is 90.3 Å². The maximum Gasteiger partial charge on any atom is 0.325 e. The van der Waals surface area contributed by atoms with Crippen molar-refractivity contribution in [2.24, 2.45) is 0 Å². The van der Waals surface area contributed by atoms with E-state index < -0.39 is 0 Å². The van der Waals surface area contributed by atoms with Crippen molar-refractivity contribution < 1.29 is 9.21 Å². The van der Waals surface area contributed by atoms with Crippen molar-refractivity contribution in [3.63, 3.8) is 0 Å². The summed E-state index contributed by atoms with van der Waals surface area (Å²) in [4.78, 5) is 28.2. The standard InChI is InChI=1S/C15H22N6O2/c1-4-20-7-8-21(9-12(20)13-16-5-6-17-13)15(22)19-14-18-10(2)11(3)23-14/h5-6,12H,4,7-9H2,1-3H3,(H,16,17)(H,18,19,22). The van der Waals surface area contributed by atoms with E-state index in [1.807, 2.05) is 13.8 Å². The van der Waals surface area contributed by atoms with Gasteiger partial charge in [0, 0.05) is 32.0 Å². The van der Waals surface area contributed by atoms with Gasteiger partial charge < -0.3 is 14.3 Å². The van der Waals surface area contributed by atoms with Crippen LogP contribution in [0.25, 0.3) is 0 Å². The van der Waals surface area contributed by atoms with Crippen molar-refractivity contribution in [3.8, 4) is 0 Å². The normalized spacial score (nSPS) is 19.1. The van der Waals surface area contributed by atoms with Gasteiger partial charge in [0.25, 0.3) is 0 Å².